The average Bonchev–Trinajstić information content (AvgIpc) is 2.82. The fourth-order valence-electron chi connectivity index (χ4n) is 2.21. The van der Waals surface area contributed by atoms with Gasteiger partial charge in [-0.1, -0.05) is 11.3 Å². The van der Waals surface area contributed by atoms with Gasteiger partial charge in [-0.3, -0.25) is 0 Å². The summed E-state index contributed by atoms with van der Waals surface area (Å²) < 4.78 is 6.57. The normalized spacial score (nSPS) is 35.1. The molecular formula is C8H10BrN3OS. The topological polar surface area (TPSA) is 47.0 Å². The molecule has 2 fully saturated rings. The second kappa shape index (κ2) is 3.43. The molecule has 2 saturated heterocycles. The fraction of sp³-hybridized carbons (Fsp3) is 0.750. The predicted molar refractivity (Wildman–Crippen MR) is 57.5 cm³/mol. The minimum absolute atomic E-state index is 0.391. The zero-order valence-corrected chi connectivity index (χ0v) is 9.84. The van der Waals surface area contributed by atoms with Crippen LogP contribution >= 0.6 is 27.3 Å². The summed E-state index contributed by atoms with van der Waals surface area (Å²) in [4.78, 5) is 0. The smallest absolute Gasteiger partial charge is 0.206 e. The maximum absolute atomic E-state index is 5.75. The van der Waals surface area contributed by atoms with Crippen molar-refractivity contribution in [3.63, 3.8) is 0 Å². The molecule has 76 valence electrons. The molecule has 4 nitrogen and oxygen atoms in total. The molecule has 3 heterocycles. The highest BCUT2D eigenvalue weighted by molar-refractivity contribution is 9.11. The van der Waals surface area contributed by atoms with Crippen LogP contribution in [0.1, 0.15) is 19.3 Å². The van der Waals surface area contributed by atoms with Crippen LogP contribution in [0.5, 0.6) is 0 Å². The predicted octanol–water partition coefficient (Wildman–Crippen LogP) is 2.03. The minimum Gasteiger partial charge on any atom is -0.373 e. The van der Waals surface area contributed by atoms with Gasteiger partial charge >= 0.3 is 0 Å². The Morgan fingerprint density at radius 3 is 2.93 bits per heavy atom. The third kappa shape index (κ3) is 1.55. The summed E-state index contributed by atoms with van der Waals surface area (Å²) in [6.07, 6.45) is 4.39. The van der Waals surface area contributed by atoms with Crippen molar-refractivity contribution in [2.24, 2.45) is 0 Å². The second-order valence-corrected chi connectivity index (χ2v) is 5.97. The van der Waals surface area contributed by atoms with Gasteiger partial charge in [0.15, 0.2) is 3.92 Å². The monoisotopic (exact) mass is 275 g/mol. The van der Waals surface area contributed by atoms with Crippen molar-refractivity contribution in [3.8, 4) is 0 Å². The lowest BCUT2D eigenvalue weighted by Gasteiger charge is -2.18. The van der Waals surface area contributed by atoms with Gasteiger partial charge in [0.25, 0.3) is 0 Å². The van der Waals surface area contributed by atoms with E-state index in [1.165, 1.54) is 24.2 Å². The molecule has 3 atom stereocenters. The molecule has 2 bridgehead atoms. The zero-order chi connectivity index (χ0) is 9.54. The molecule has 14 heavy (non-hydrogen) atoms. The second-order valence-electron chi connectivity index (χ2n) is 3.72. The molecule has 3 rings (SSSR count). The highest BCUT2D eigenvalue weighted by atomic mass is 79.9. The van der Waals surface area contributed by atoms with E-state index < -0.39 is 0 Å². The molecule has 3 unspecified atom stereocenters. The summed E-state index contributed by atoms with van der Waals surface area (Å²) in [6, 6.07) is 0.439. The SMILES string of the molecule is Brc1nnc(NC2CC3CCC2O3)s1. The number of rotatable bonds is 2. The van der Waals surface area contributed by atoms with Gasteiger partial charge in [-0.05, 0) is 35.2 Å². The number of nitrogens with zero attached hydrogens (tertiary/aromatic N) is 2. The van der Waals surface area contributed by atoms with Crippen LogP contribution in [0.4, 0.5) is 5.13 Å². The van der Waals surface area contributed by atoms with E-state index in [2.05, 4.69) is 31.4 Å². The first-order valence-electron chi connectivity index (χ1n) is 4.72. The molecule has 0 aromatic carbocycles. The van der Waals surface area contributed by atoms with Gasteiger partial charge in [-0.25, -0.2) is 0 Å². The molecule has 0 aliphatic carbocycles. The number of nitrogens with one attached hydrogen (secondary N) is 1. The average molecular weight is 276 g/mol. The van der Waals surface area contributed by atoms with E-state index in [1.54, 1.807) is 0 Å². The Balaban J connectivity index is 1.68. The van der Waals surface area contributed by atoms with E-state index in [1.807, 2.05) is 0 Å². The van der Waals surface area contributed by atoms with Crippen LogP contribution in [-0.2, 0) is 4.74 Å². The Bertz CT molecular complexity index is 345. The maximum Gasteiger partial charge on any atom is 0.206 e. The lowest BCUT2D eigenvalue weighted by molar-refractivity contribution is 0.102. The molecule has 0 radical (unpaired) electrons. The quantitative estimate of drug-likeness (QED) is 0.897. The van der Waals surface area contributed by atoms with Crippen molar-refractivity contribution >= 4 is 32.4 Å². The minimum atomic E-state index is 0.391. The Morgan fingerprint density at radius 2 is 2.36 bits per heavy atom. The summed E-state index contributed by atoms with van der Waals surface area (Å²) in [6.45, 7) is 0. The van der Waals surface area contributed by atoms with Gasteiger partial charge in [0.05, 0.1) is 18.2 Å². The van der Waals surface area contributed by atoms with Crippen molar-refractivity contribution in [1.29, 1.82) is 0 Å². The molecular weight excluding hydrogens is 266 g/mol. The number of hydrogen-bond acceptors (Lipinski definition) is 5. The molecule has 0 amide bonds. The van der Waals surface area contributed by atoms with Crippen molar-refractivity contribution in [2.75, 3.05) is 5.32 Å². The summed E-state index contributed by atoms with van der Waals surface area (Å²) in [7, 11) is 0. The van der Waals surface area contributed by atoms with Crippen LogP contribution < -0.4 is 5.32 Å². The van der Waals surface area contributed by atoms with Crippen molar-refractivity contribution in [1.82, 2.24) is 10.2 Å². The van der Waals surface area contributed by atoms with E-state index in [0.717, 1.165) is 15.5 Å². The van der Waals surface area contributed by atoms with Crippen molar-refractivity contribution in [3.05, 3.63) is 3.92 Å². The molecule has 2 aliphatic heterocycles. The lowest BCUT2D eigenvalue weighted by Crippen LogP contribution is -2.30. The van der Waals surface area contributed by atoms with E-state index >= 15 is 0 Å². The summed E-state index contributed by atoms with van der Waals surface area (Å²) in [5.74, 6) is 0. The van der Waals surface area contributed by atoms with Crippen LogP contribution in [0.15, 0.2) is 3.92 Å². The van der Waals surface area contributed by atoms with Crippen LogP contribution in [0.3, 0.4) is 0 Å². The molecule has 0 saturated carbocycles. The van der Waals surface area contributed by atoms with E-state index in [4.69, 9.17) is 4.74 Å². The Hall–Kier alpha value is -0.200. The first-order valence-corrected chi connectivity index (χ1v) is 6.33. The number of hydrogen-bond donors (Lipinski definition) is 1. The zero-order valence-electron chi connectivity index (χ0n) is 7.44. The fourth-order valence-corrected chi connectivity index (χ4v) is 3.28. The van der Waals surface area contributed by atoms with Gasteiger partial charge in [0, 0.05) is 0 Å². The molecule has 6 heteroatoms. The summed E-state index contributed by atoms with van der Waals surface area (Å²) >= 11 is 4.83. The highest BCUT2D eigenvalue weighted by Gasteiger charge is 2.40. The van der Waals surface area contributed by atoms with Crippen molar-refractivity contribution < 1.29 is 4.74 Å². The lowest BCUT2D eigenvalue weighted by atomic mass is 9.96. The van der Waals surface area contributed by atoms with E-state index in [0.29, 0.717) is 18.2 Å². The summed E-state index contributed by atoms with van der Waals surface area (Å²) in [5.41, 5.74) is 0. The number of ether oxygens (including phenoxy) is 1. The Kier molecular flexibility index (Phi) is 2.22. The number of fused-ring (bicyclic) bond motifs is 2. The third-order valence-corrected chi connectivity index (χ3v) is 4.10. The number of aromatic nitrogens is 2. The number of anilines is 1. The van der Waals surface area contributed by atoms with Crippen molar-refractivity contribution in [2.45, 2.75) is 37.5 Å². The molecule has 1 aromatic rings. The first-order chi connectivity index (χ1) is 6.81. The van der Waals surface area contributed by atoms with Gasteiger partial charge in [-0.15, -0.1) is 10.2 Å². The van der Waals surface area contributed by atoms with Crippen LogP contribution in [0, 0.1) is 0 Å². The molecule has 1 N–H and O–H groups in total. The summed E-state index contributed by atoms with van der Waals surface area (Å²) in [5, 5.41) is 12.2. The standard InChI is InChI=1S/C8H10BrN3OS/c9-7-11-12-8(14-7)10-5-3-4-1-2-6(5)13-4/h4-6H,1-3H2,(H,10,12). The first kappa shape index (κ1) is 9.06. The molecule has 1 aromatic heterocycles. The van der Waals surface area contributed by atoms with Gasteiger partial charge in [0.2, 0.25) is 5.13 Å². The van der Waals surface area contributed by atoms with Gasteiger partial charge in [0.1, 0.15) is 0 Å². The maximum atomic E-state index is 5.75. The Labute approximate surface area is 94.2 Å². The van der Waals surface area contributed by atoms with E-state index in [9.17, 15) is 0 Å². The van der Waals surface area contributed by atoms with Gasteiger partial charge < -0.3 is 10.1 Å². The molecule has 0 spiro atoms. The van der Waals surface area contributed by atoms with E-state index in [-0.39, 0.29) is 0 Å². The van der Waals surface area contributed by atoms with Gasteiger partial charge in [-0.2, -0.15) is 0 Å². The Morgan fingerprint density at radius 1 is 1.43 bits per heavy atom. The third-order valence-electron chi connectivity index (χ3n) is 2.82. The van der Waals surface area contributed by atoms with Crippen LogP contribution in [0.25, 0.3) is 0 Å². The van der Waals surface area contributed by atoms with Crippen LogP contribution in [-0.4, -0.2) is 28.4 Å². The largest absolute Gasteiger partial charge is 0.373 e. The van der Waals surface area contributed by atoms with Crippen LogP contribution in [0.2, 0.25) is 0 Å². The highest BCUT2D eigenvalue weighted by Crippen LogP contribution is 2.36. The number of halogens is 1. The molecule has 2 aliphatic rings.